The van der Waals surface area contributed by atoms with Gasteiger partial charge >= 0.3 is 5.97 Å². The minimum atomic E-state index is -1.23. The zero-order valence-corrected chi connectivity index (χ0v) is 12.2. The Labute approximate surface area is 121 Å². The van der Waals surface area contributed by atoms with E-state index in [1.807, 2.05) is 13.8 Å². The van der Waals surface area contributed by atoms with Crippen molar-refractivity contribution in [3.8, 4) is 0 Å². The molecule has 0 fully saturated rings. The van der Waals surface area contributed by atoms with Gasteiger partial charge in [0.05, 0.1) is 5.69 Å². The second-order valence-corrected chi connectivity index (χ2v) is 5.03. The van der Waals surface area contributed by atoms with Crippen molar-refractivity contribution in [2.75, 3.05) is 0 Å². The number of hydrogen-bond donors (Lipinski definition) is 3. The molecule has 21 heavy (non-hydrogen) atoms. The van der Waals surface area contributed by atoms with Gasteiger partial charge in [-0.15, -0.1) is 0 Å². The predicted octanol–water partition coefficient (Wildman–Crippen LogP) is 0.555. The monoisotopic (exact) mass is 297 g/mol. The van der Waals surface area contributed by atoms with E-state index in [1.165, 1.54) is 0 Å². The van der Waals surface area contributed by atoms with Gasteiger partial charge in [-0.05, 0) is 13.3 Å². The fraction of sp³-hybridized carbons (Fsp3) is 0.538. The Kier molecular flexibility index (Phi) is 5.45. The topological polar surface area (TPSA) is 136 Å². The fourth-order valence-electron chi connectivity index (χ4n) is 1.83. The Bertz CT molecular complexity index is 550. The van der Waals surface area contributed by atoms with Crippen LogP contribution in [-0.2, 0) is 9.59 Å². The van der Waals surface area contributed by atoms with Crippen LogP contribution in [-0.4, -0.2) is 34.1 Å². The maximum atomic E-state index is 12.2. The standard InChI is InChI=1S/C13H19N3O5/c1-6(2)11-10(7(3)16-21-11)12(18)15-8(13(19)20)4-5-9(14)17/h6,8H,4-5H2,1-3H3,(H2,14,17)(H,15,18)(H,19,20)/t8-/m1/s1. The molecule has 1 aromatic rings. The number of aryl methyl sites for hydroxylation is 1. The molecular weight excluding hydrogens is 278 g/mol. The molecule has 2 amide bonds. The summed E-state index contributed by atoms with van der Waals surface area (Å²) in [5, 5.41) is 15.2. The van der Waals surface area contributed by atoms with Gasteiger partial charge < -0.3 is 20.7 Å². The third-order valence-electron chi connectivity index (χ3n) is 2.92. The van der Waals surface area contributed by atoms with Crippen molar-refractivity contribution in [1.29, 1.82) is 0 Å². The number of nitrogens with one attached hydrogen (secondary N) is 1. The number of aromatic nitrogens is 1. The number of carbonyl (C=O) groups is 3. The lowest BCUT2D eigenvalue weighted by Crippen LogP contribution is -2.41. The molecule has 0 aliphatic heterocycles. The lowest BCUT2D eigenvalue weighted by Gasteiger charge is -2.14. The fourth-order valence-corrected chi connectivity index (χ4v) is 1.83. The first kappa shape index (κ1) is 16.7. The number of primary amides is 1. The Morgan fingerprint density at radius 2 is 2.00 bits per heavy atom. The molecule has 4 N–H and O–H groups in total. The number of nitrogens with two attached hydrogens (primary N) is 1. The molecule has 0 aliphatic carbocycles. The van der Waals surface area contributed by atoms with E-state index in [9.17, 15) is 14.4 Å². The lowest BCUT2D eigenvalue weighted by molar-refractivity contribution is -0.139. The van der Waals surface area contributed by atoms with Crippen LogP contribution < -0.4 is 11.1 Å². The smallest absolute Gasteiger partial charge is 0.326 e. The largest absolute Gasteiger partial charge is 0.480 e. The first-order chi connectivity index (χ1) is 9.73. The van der Waals surface area contributed by atoms with Crippen molar-refractivity contribution in [3.05, 3.63) is 17.0 Å². The molecule has 0 aliphatic rings. The van der Waals surface area contributed by atoms with E-state index in [0.29, 0.717) is 11.5 Å². The average Bonchev–Trinajstić information content (AvgIpc) is 2.75. The summed E-state index contributed by atoms with van der Waals surface area (Å²) in [6.07, 6.45) is -0.200. The molecule has 0 bridgehead atoms. The highest BCUT2D eigenvalue weighted by atomic mass is 16.5. The Balaban J connectivity index is 2.90. The number of amides is 2. The summed E-state index contributed by atoms with van der Waals surface area (Å²) in [6.45, 7) is 5.26. The molecule has 1 aromatic heterocycles. The Hall–Kier alpha value is -2.38. The molecule has 116 valence electrons. The van der Waals surface area contributed by atoms with E-state index in [2.05, 4.69) is 10.5 Å². The van der Waals surface area contributed by atoms with Gasteiger partial charge in [-0.3, -0.25) is 9.59 Å². The van der Waals surface area contributed by atoms with Crippen molar-refractivity contribution in [2.24, 2.45) is 5.73 Å². The van der Waals surface area contributed by atoms with Crippen molar-refractivity contribution in [1.82, 2.24) is 10.5 Å². The minimum absolute atomic E-state index is 0.0687. The van der Waals surface area contributed by atoms with Gasteiger partial charge in [0.1, 0.15) is 11.6 Å². The number of nitrogens with zero attached hydrogens (tertiary/aromatic N) is 1. The molecular formula is C13H19N3O5. The third kappa shape index (κ3) is 4.30. The maximum absolute atomic E-state index is 12.2. The van der Waals surface area contributed by atoms with Gasteiger partial charge in [0.15, 0.2) is 5.76 Å². The van der Waals surface area contributed by atoms with E-state index < -0.39 is 23.8 Å². The van der Waals surface area contributed by atoms with Crippen molar-refractivity contribution in [2.45, 2.75) is 45.6 Å². The molecule has 0 saturated carbocycles. The van der Waals surface area contributed by atoms with Crippen LogP contribution in [0.5, 0.6) is 0 Å². The molecule has 0 aromatic carbocycles. The normalized spacial score (nSPS) is 12.2. The quantitative estimate of drug-likeness (QED) is 0.672. The second kappa shape index (κ2) is 6.87. The van der Waals surface area contributed by atoms with E-state index in [-0.39, 0.29) is 24.3 Å². The maximum Gasteiger partial charge on any atom is 0.326 e. The molecule has 0 unspecified atom stereocenters. The van der Waals surface area contributed by atoms with Crippen LogP contribution in [0.4, 0.5) is 0 Å². The number of hydrogen-bond acceptors (Lipinski definition) is 5. The highest BCUT2D eigenvalue weighted by Gasteiger charge is 2.27. The molecule has 8 heteroatoms. The van der Waals surface area contributed by atoms with E-state index in [1.54, 1.807) is 6.92 Å². The van der Waals surface area contributed by atoms with Crippen LogP contribution in [0.1, 0.15) is 54.4 Å². The summed E-state index contributed by atoms with van der Waals surface area (Å²) in [4.78, 5) is 34.1. The summed E-state index contributed by atoms with van der Waals surface area (Å²) in [6, 6.07) is -1.20. The SMILES string of the molecule is Cc1noc(C(C)C)c1C(=O)N[C@H](CCC(N)=O)C(=O)O. The number of rotatable bonds is 7. The van der Waals surface area contributed by atoms with Gasteiger partial charge in [-0.25, -0.2) is 4.79 Å². The Morgan fingerprint density at radius 3 is 2.48 bits per heavy atom. The summed E-state index contributed by atoms with van der Waals surface area (Å²) < 4.78 is 5.09. The third-order valence-corrected chi connectivity index (χ3v) is 2.92. The summed E-state index contributed by atoms with van der Waals surface area (Å²) in [5.74, 6) is -2.12. The van der Waals surface area contributed by atoms with Crippen LogP contribution in [0.15, 0.2) is 4.52 Å². The second-order valence-electron chi connectivity index (χ2n) is 5.03. The summed E-state index contributed by atoms with van der Waals surface area (Å²) in [5.41, 5.74) is 5.60. The van der Waals surface area contributed by atoms with E-state index in [0.717, 1.165) is 0 Å². The van der Waals surface area contributed by atoms with Crippen molar-refractivity contribution >= 4 is 17.8 Å². The first-order valence-corrected chi connectivity index (χ1v) is 6.52. The average molecular weight is 297 g/mol. The van der Waals surface area contributed by atoms with Crippen LogP contribution in [0, 0.1) is 6.92 Å². The van der Waals surface area contributed by atoms with Crippen LogP contribution >= 0.6 is 0 Å². The van der Waals surface area contributed by atoms with E-state index in [4.69, 9.17) is 15.4 Å². The highest BCUT2D eigenvalue weighted by Crippen LogP contribution is 2.22. The van der Waals surface area contributed by atoms with Gasteiger partial charge in [0.25, 0.3) is 5.91 Å². The molecule has 0 radical (unpaired) electrons. The molecule has 8 nitrogen and oxygen atoms in total. The van der Waals surface area contributed by atoms with Crippen molar-refractivity contribution in [3.63, 3.8) is 0 Å². The lowest BCUT2D eigenvalue weighted by atomic mass is 10.0. The molecule has 1 atom stereocenters. The van der Waals surface area contributed by atoms with Gasteiger partial charge in [0, 0.05) is 12.3 Å². The number of aliphatic carboxylic acids is 1. The summed E-state index contributed by atoms with van der Waals surface area (Å²) >= 11 is 0. The molecule has 0 spiro atoms. The predicted molar refractivity (Wildman–Crippen MR) is 72.6 cm³/mol. The Morgan fingerprint density at radius 1 is 1.38 bits per heavy atom. The van der Waals surface area contributed by atoms with Crippen molar-refractivity contribution < 1.29 is 24.0 Å². The number of carboxylic acids is 1. The van der Waals surface area contributed by atoms with Gasteiger partial charge in [0.2, 0.25) is 5.91 Å². The first-order valence-electron chi connectivity index (χ1n) is 6.52. The number of carboxylic acid groups (broad SMARTS) is 1. The zero-order chi connectivity index (χ0) is 16.2. The van der Waals surface area contributed by atoms with Gasteiger partial charge in [-0.2, -0.15) is 0 Å². The highest BCUT2D eigenvalue weighted by molar-refractivity contribution is 5.98. The van der Waals surface area contributed by atoms with Crippen LogP contribution in [0.2, 0.25) is 0 Å². The van der Waals surface area contributed by atoms with Crippen LogP contribution in [0.25, 0.3) is 0 Å². The molecule has 1 rings (SSSR count). The number of carbonyl (C=O) groups excluding carboxylic acids is 2. The van der Waals surface area contributed by atoms with Crippen LogP contribution in [0.3, 0.4) is 0 Å². The summed E-state index contributed by atoms with van der Waals surface area (Å²) in [7, 11) is 0. The van der Waals surface area contributed by atoms with Gasteiger partial charge in [-0.1, -0.05) is 19.0 Å². The molecule has 1 heterocycles. The minimum Gasteiger partial charge on any atom is -0.480 e. The zero-order valence-electron chi connectivity index (χ0n) is 12.2. The molecule has 0 saturated heterocycles. The van der Waals surface area contributed by atoms with E-state index >= 15 is 0 Å².